The molecule has 1 rings (SSSR count). The first-order chi connectivity index (χ1) is 6.09. The van der Waals surface area contributed by atoms with Crippen LogP contribution in [0, 0.1) is 0 Å². The van der Waals surface area contributed by atoms with Crippen molar-refractivity contribution in [3.05, 3.63) is 6.33 Å². The SMILES string of the molecule is CC(CCCl)S(=O)(=O)c1ncns1. The molecule has 4 nitrogen and oxygen atoms in total. The van der Waals surface area contributed by atoms with Gasteiger partial charge >= 0.3 is 0 Å². The molecular weight excluding hydrogens is 232 g/mol. The third kappa shape index (κ3) is 2.38. The fraction of sp³-hybridized carbons (Fsp3) is 0.667. The van der Waals surface area contributed by atoms with Gasteiger partial charge in [-0.15, -0.1) is 11.6 Å². The average molecular weight is 241 g/mol. The van der Waals surface area contributed by atoms with Gasteiger partial charge in [-0.25, -0.2) is 13.4 Å². The van der Waals surface area contributed by atoms with E-state index in [1.165, 1.54) is 6.33 Å². The minimum absolute atomic E-state index is 0.0742. The van der Waals surface area contributed by atoms with Gasteiger partial charge in [0, 0.05) is 5.88 Å². The number of halogens is 1. The Morgan fingerprint density at radius 3 is 2.85 bits per heavy atom. The van der Waals surface area contributed by atoms with E-state index in [9.17, 15) is 8.42 Å². The van der Waals surface area contributed by atoms with Crippen molar-refractivity contribution in [3.63, 3.8) is 0 Å². The van der Waals surface area contributed by atoms with Gasteiger partial charge in [0.15, 0.2) is 0 Å². The highest BCUT2D eigenvalue weighted by atomic mass is 35.5. The zero-order chi connectivity index (χ0) is 9.90. The second-order valence-corrected chi connectivity index (χ2v) is 6.24. The van der Waals surface area contributed by atoms with Gasteiger partial charge in [-0.1, -0.05) is 0 Å². The molecule has 0 aliphatic heterocycles. The topological polar surface area (TPSA) is 59.9 Å². The lowest BCUT2D eigenvalue weighted by molar-refractivity contribution is 0.580. The maximum atomic E-state index is 11.6. The fourth-order valence-electron chi connectivity index (χ4n) is 0.769. The largest absolute Gasteiger partial charge is 0.228 e. The molecule has 0 N–H and O–H groups in total. The van der Waals surface area contributed by atoms with Crippen LogP contribution in [0.4, 0.5) is 0 Å². The Morgan fingerprint density at radius 1 is 1.69 bits per heavy atom. The predicted octanol–water partition coefficient (Wildman–Crippen LogP) is 1.33. The molecule has 0 bridgehead atoms. The Hall–Kier alpha value is -0.200. The highest BCUT2D eigenvalue weighted by Gasteiger charge is 2.25. The third-order valence-corrected chi connectivity index (χ3v) is 5.12. The monoisotopic (exact) mass is 240 g/mol. The molecule has 7 heteroatoms. The van der Waals surface area contributed by atoms with Crippen molar-refractivity contribution in [2.45, 2.75) is 22.9 Å². The number of rotatable bonds is 4. The first kappa shape index (κ1) is 10.9. The summed E-state index contributed by atoms with van der Waals surface area (Å²) in [5, 5.41) is -0.488. The first-order valence-electron chi connectivity index (χ1n) is 3.65. The van der Waals surface area contributed by atoms with Gasteiger partial charge in [-0.05, 0) is 24.9 Å². The van der Waals surface area contributed by atoms with Crippen LogP contribution in [0.3, 0.4) is 0 Å². The van der Waals surface area contributed by atoms with Crippen LogP contribution in [0.2, 0.25) is 0 Å². The van der Waals surface area contributed by atoms with Gasteiger partial charge in [-0.2, -0.15) is 4.37 Å². The Balaban J connectivity index is 2.90. The molecule has 0 aliphatic rings. The van der Waals surface area contributed by atoms with Crippen LogP contribution < -0.4 is 0 Å². The molecule has 13 heavy (non-hydrogen) atoms. The second-order valence-electron chi connectivity index (χ2n) is 2.54. The zero-order valence-electron chi connectivity index (χ0n) is 6.97. The quantitative estimate of drug-likeness (QED) is 0.745. The van der Waals surface area contributed by atoms with Crippen LogP contribution in [0.15, 0.2) is 10.7 Å². The van der Waals surface area contributed by atoms with Crippen LogP contribution in [-0.2, 0) is 9.84 Å². The Kier molecular flexibility index (Phi) is 3.63. The number of nitrogens with zero attached hydrogens (tertiary/aromatic N) is 2. The summed E-state index contributed by atoms with van der Waals surface area (Å²) < 4.78 is 27.0. The van der Waals surface area contributed by atoms with E-state index in [0.717, 1.165) is 11.5 Å². The van der Waals surface area contributed by atoms with Crippen molar-refractivity contribution < 1.29 is 8.42 Å². The number of sulfone groups is 1. The second kappa shape index (κ2) is 4.34. The van der Waals surface area contributed by atoms with Crippen LogP contribution in [0.5, 0.6) is 0 Å². The van der Waals surface area contributed by atoms with Crippen molar-refractivity contribution in [2.75, 3.05) is 5.88 Å². The number of hydrogen-bond donors (Lipinski definition) is 0. The van der Waals surface area contributed by atoms with Crippen molar-refractivity contribution in [1.82, 2.24) is 9.36 Å². The molecule has 0 aromatic carbocycles. The Morgan fingerprint density at radius 2 is 2.38 bits per heavy atom. The molecule has 0 amide bonds. The van der Waals surface area contributed by atoms with E-state index >= 15 is 0 Å². The summed E-state index contributed by atoms with van der Waals surface area (Å²) in [6.45, 7) is 1.62. The van der Waals surface area contributed by atoms with E-state index in [-0.39, 0.29) is 4.34 Å². The van der Waals surface area contributed by atoms with Crippen LogP contribution in [-0.4, -0.2) is 28.9 Å². The zero-order valence-corrected chi connectivity index (χ0v) is 9.36. The lowest BCUT2D eigenvalue weighted by atomic mass is 10.4. The van der Waals surface area contributed by atoms with Gasteiger partial charge < -0.3 is 0 Å². The van der Waals surface area contributed by atoms with Crippen molar-refractivity contribution in [2.24, 2.45) is 0 Å². The van der Waals surface area contributed by atoms with Gasteiger partial charge in [0.1, 0.15) is 6.33 Å². The highest BCUT2D eigenvalue weighted by Crippen LogP contribution is 2.18. The summed E-state index contributed by atoms with van der Waals surface area (Å²) in [5.41, 5.74) is 0. The molecule has 1 atom stereocenters. The maximum absolute atomic E-state index is 11.6. The summed E-state index contributed by atoms with van der Waals surface area (Å²) in [6, 6.07) is 0. The molecule has 74 valence electrons. The summed E-state index contributed by atoms with van der Waals surface area (Å²) in [5.74, 6) is 0.333. The Bertz CT molecular complexity index is 349. The molecular formula is C6H9ClN2O2S2. The van der Waals surface area contributed by atoms with Crippen molar-refractivity contribution in [3.8, 4) is 0 Å². The van der Waals surface area contributed by atoms with Gasteiger partial charge in [-0.3, -0.25) is 0 Å². The van der Waals surface area contributed by atoms with Crippen LogP contribution in [0.25, 0.3) is 0 Å². The lowest BCUT2D eigenvalue weighted by Gasteiger charge is -2.07. The third-order valence-electron chi connectivity index (χ3n) is 1.63. The minimum Gasteiger partial charge on any atom is -0.221 e. The lowest BCUT2D eigenvalue weighted by Crippen LogP contribution is -2.18. The average Bonchev–Trinajstić information content (AvgIpc) is 2.56. The molecule has 0 spiro atoms. The maximum Gasteiger partial charge on any atom is 0.228 e. The first-order valence-corrected chi connectivity index (χ1v) is 6.51. The summed E-state index contributed by atoms with van der Waals surface area (Å²) in [6.07, 6.45) is 1.68. The van der Waals surface area contributed by atoms with Crippen LogP contribution in [0.1, 0.15) is 13.3 Å². The number of alkyl halides is 1. The molecule has 0 saturated heterocycles. The molecule has 0 fully saturated rings. The van der Waals surface area contributed by atoms with E-state index in [2.05, 4.69) is 9.36 Å². The minimum atomic E-state index is -3.30. The van der Waals surface area contributed by atoms with Gasteiger partial charge in [0.05, 0.1) is 5.25 Å². The number of aromatic nitrogens is 2. The molecule has 1 aromatic rings. The summed E-state index contributed by atoms with van der Waals surface area (Å²) >= 11 is 6.36. The van der Waals surface area contributed by atoms with E-state index in [1.54, 1.807) is 6.92 Å². The molecule has 0 aliphatic carbocycles. The molecule has 1 unspecified atom stereocenters. The van der Waals surface area contributed by atoms with Crippen molar-refractivity contribution in [1.29, 1.82) is 0 Å². The van der Waals surface area contributed by atoms with E-state index < -0.39 is 15.1 Å². The van der Waals surface area contributed by atoms with Gasteiger partial charge in [0.25, 0.3) is 0 Å². The van der Waals surface area contributed by atoms with E-state index in [1.807, 2.05) is 0 Å². The van der Waals surface area contributed by atoms with Gasteiger partial charge in [0.2, 0.25) is 14.2 Å². The highest BCUT2D eigenvalue weighted by molar-refractivity contribution is 7.93. The van der Waals surface area contributed by atoms with E-state index in [0.29, 0.717) is 12.3 Å². The number of hydrogen-bond acceptors (Lipinski definition) is 5. The molecule has 0 saturated carbocycles. The molecule has 1 heterocycles. The molecule has 1 aromatic heterocycles. The summed E-state index contributed by atoms with van der Waals surface area (Å²) in [7, 11) is -3.30. The van der Waals surface area contributed by atoms with Crippen molar-refractivity contribution >= 4 is 33.0 Å². The van der Waals surface area contributed by atoms with Crippen LogP contribution >= 0.6 is 23.1 Å². The summed E-state index contributed by atoms with van der Waals surface area (Å²) in [4.78, 5) is 3.67. The predicted molar refractivity (Wildman–Crippen MR) is 51.9 cm³/mol. The molecule has 0 radical (unpaired) electrons. The van der Waals surface area contributed by atoms with E-state index in [4.69, 9.17) is 11.6 Å². The standard InChI is InChI=1S/C6H9ClN2O2S2/c1-5(2-3-7)13(10,11)6-8-4-9-12-6/h4-5H,2-3H2,1H3. The Labute approximate surface area is 86.0 Å². The normalized spacial score (nSPS) is 14.3. The smallest absolute Gasteiger partial charge is 0.221 e. The fourth-order valence-corrected chi connectivity index (χ4v) is 3.51.